The number of sulfonamides is 1. The van der Waals surface area contributed by atoms with Gasteiger partial charge in [-0.2, -0.15) is 5.26 Å². The maximum absolute atomic E-state index is 11.3. The van der Waals surface area contributed by atoms with Crippen LogP contribution in [0, 0.1) is 17.2 Å². The molecule has 1 saturated carbocycles. The molecule has 1 rings (SSSR count). The van der Waals surface area contributed by atoms with Gasteiger partial charge in [-0.25, -0.2) is 13.1 Å². The molecule has 1 amide bonds. The highest BCUT2D eigenvalue weighted by atomic mass is 32.2. The molecule has 6 nitrogen and oxygen atoms in total. The Balaban J connectivity index is 2.20. The van der Waals surface area contributed by atoms with Crippen molar-refractivity contribution in [2.45, 2.75) is 25.0 Å². The van der Waals surface area contributed by atoms with Gasteiger partial charge in [-0.15, -0.1) is 0 Å². The van der Waals surface area contributed by atoms with E-state index in [2.05, 4.69) is 10.0 Å². The van der Waals surface area contributed by atoms with E-state index in [1.165, 1.54) is 6.92 Å². The Hall–Kier alpha value is -1.13. The fourth-order valence-electron chi connectivity index (χ4n) is 1.06. The fourth-order valence-corrected chi connectivity index (χ4v) is 1.84. The first-order chi connectivity index (χ1) is 7.47. The molecule has 0 aromatic rings. The summed E-state index contributed by atoms with van der Waals surface area (Å²) in [5.41, 5.74) is 0. The number of nitrogens with one attached hydrogen (secondary N) is 2. The van der Waals surface area contributed by atoms with Gasteiger partial charge in [0, 0.05) is 19.0 Å². The maximum Gasteiger partial charge on any atom is 0.227 e. The van der Waals surface area contributed by atoms with Gasteiger partial charge >= 0.3 is 0 Å². The number of nitrogens with zero attached hydrogens (tertiary/aromatic N) is 1. The molecule has 0 aromatic heterocycles. The molecule has 0 heterocycles. The lowest BCUT2D eigenvalue weighted by Gasteiger charge is -2.08. The van der Waals surface area contributed by atoms with E-state index in [0.717, 1.165) is 12.8 Å². The summed E-state index contributed by atoms with van der Waals surface area (Å²) in [6.07, 6.45) is 1.84. The number of rotatable bonds is 6. The molecule has 0 aromatic carbocycles. The summed E-state index contributed by atoms with van der Waals surface area (Å²) in [7, 11) is -3.58. The molecule has 1 aliphatic carbocycles. The van der Waals surface area contributed by atoms with Crippen LogP contribution >= 0.6 is 0 Å². The first kappa shape index (κ1) is 12.9. The van der Waals surface area contributed by atoms with Gasteiger partial charge in [0.05, 0.1) is 6.07 Å². The molecular weight excluding hydrogens is 230 g/mol. The average Bonchev–Trinajstić information content (AvgIpc) is 3.06. The second-order valence-electron chi connectivity index (χ2n) is 3.78. The monoisotopic (exact) mass is 245 g/mol. The molecule has 1 fully saturated rings. The summed E-state index contributed by atoms with van der Waals surface area (Å²) < 4.78 is 24.9. The van der Waals surface area contributed by atoms with Crippen LogP contribution in [0.3, 0.4) is 0 Å². The molecule has 90 valence electrons. The van der Waals surface area contributed by atoms with Gasteiger partial charge in [0.25, 0.3) is 0 Å². The van der Waals surface area contributed by atoms with Crippen LogP contribution in [0.15, 0.2) is 0 Å². The Bertz CT molecular complexity index is 395. The molecule has 7 heteroatoms. The fraction of sp³-hybridized carbons (Fsp3) is 0.778. The van der Waals surface area contributed by atoms with Crippen LogP contribution < -0.4 is 10.0 Å². The quantitative estimate of drug-likeness (QED) is 0.607. The summed E-state index contributed by atoms with van der Waals surface area (Å²) in [4.78, 5) is 11.2. The van der Waals surface area contributed by atoms with Crippen molar-refractivity contribution >= 4 is 15.9 Å². The first-order valence-electron chi connectivity index (χ1n) is 5.13. The number of amides is 1. The predicted octanol–water partition coefficient (Wildman–Crippen LogP) is -0.656. The molecule has 1 unspecified atom stereocenters. The number of carbonyl (C=O) groups excluding carboxylic acids is 1. The zero-order valence-corrected chi connectivity index (χ0v) is 9.88. The van der Waals surface area contributed by atoms with E-state index in [1.807, 2.05) is 0 Å². The van der Waals surface area contributed by atoms with Gasteiger partial charge in [-0.3, -0.25) is 4.79 Å². The van der Waals surface area contributed by atoms with Crippen molar-refractivity contribution < 1.29 is 13.2 Å². The minimum absolute atomic E-state index is 0.0208. The van der Waals surface area contributed by atoms with Crippen molar-refractivity contribution in [3.63, 3.8) is 0 Å². The molecule has 2 N–H and O–H groups in total. The number of hydrogen-bond acceptors (Lipinski definition) is 4. The van der Waals surface area contributed by atoms with Crippen LogP contribution in [0.5, 0.6) is 0 Å². The van der Waals surface area contributed by atoms with E-state index in [1.54, 1.807) is 6.07 Å². The number of carbonyl (C=O) groups is 1. The summed E-state index contributed by atoms with van der Waals surface area (Å²) >= 11 is 0. The van der Waals surface area contributed by atoms with Crippen LogP contribution in [-0.4, -0.2) is 32.7 Å². The largest absolute Gasteiger partial charge is 0.355 e. The Morgan fingerprint density at radius 2 is 2.12 bits per heavy atom. The zero-order valence-electron chi connectivity index (χ0n) is 9.06. The third kappa shape index (κ3) is 3.79. The van der Waals surface area contributed by atoms with Crippen LogP contribution in [0.2, 0.25) is 0 Å². The van der Waals surface area contributed by atoms with Gasteiger partial charge in [-0.1, -0.05) is 0 Å². The lowest BCUT2D eigenvalue weighted by Crippen LogP contribution is -2.38. The van der Waals surface area contributed by atoms with E-state index in [0.29, 0.717) is 0 Å². The molecule has 0 saturated heterocycles. The van der Waals surface area contributed by atoms with Gasteiger partial charge < -0.3 is 5.32 Å². The minimum atomic E-state index is -3.58. The highest BCUT2D eigenvalue weighted by molar-refractivity contribution is 7.90. The van der Waals surface area contributed by atoms with Crippen molar-refractivity contribution in [3.8, 4) is 6.07 Å². The van der Waals surface area contributed by atoms with Crippen molar-refractivity contribution in [3.05, 3.63) is 0 Å². The molecule has 1 aliphatic rings. The van der Waals surface area contributed by atoms with Crippen LogP contribution in [0.25, 0.3) is 0 Å². The third-order valence-corrected chi connectivity index (χ3v) is 3.97. The highest BCUT2D eigenvalue weighted by Gasteiger charge is 2.29. The second-order valence-corrected chi connectivity index (χ2v) is 5.86. The molecule has 0 radical (unpaired) electrons. The van der Waals surface area contributed by atoms with Crippen LogP contribution in [-0.2, 0) is 14.8 Å². The van der Waals surface area contributed by atoms with Crippen LogP contribution in [0.1, 0.15) is 19.8 Å². The summed E-state index contributed by atoms with van der Waals surface area (Å²) in [5, 5.41) is 10.0. The summed E-state index contributed by atoms with van der Waals surface area (Å²) in [5.74, 6) is 0.0992. The SMILES string of the molecule is CC(C#N)S(=O)(=O)NCCNC(=O)C1CC1. The molecule has 0 spiro atoms. The topological polar surface area (TPSA) is 99.1 Å². The van der Waals surface area contributed by atoms with Gasteiger partial charge in [0.15, 0.2) is 5.25 Å². The molecule has 1 atom stereocenters. The Labute approximate surface area is 95.1 Å². The lowest BCUT2D eigenvalue weighted by atomic mass is 10.4. The van der Waals surface area contributed by atoms with Crippen molar-refractivity contribution in [1.29, 1.82) is 5.26 Å². The standard InChI is InChI=1S/C9H15N3O3S/c1-7(6-10)16(14,15)12-5-4-11-9(13)8-2-3-8/h7-8,12H,2-5H2,1H3,(H,11,13). The van der Waals surface area contributed by atoms with E-state index in [4.69, 9.17) is 5.26 Å². The Morgan fingerprint density at radius 1 is 1.50 bits per heavy atom. The average molecular weight is 245 g/mol. The first-order valence-corrected chi connectivity index (χ1v) is 6.68. The second kappa shape index (κ2) is 5.27. The van der Waals surface area contributed by atoms with E-state index in [-0.39, 0.29) is 24.9 Å². The minimum Gasteiger partial charge on any atom is -0.355 e. The smallest absolute Gasteiger partial charge is 0.227 e. The van der Waals surface area contributed by atoms with Gasteiger partial charge in [0.2, 0.25) is 15.9 Å². The van der Waals surface area contributed by atoms with Gasteiger partial charge in [-0.05, 0) is 19.8 Å². The van der Waals surface area contributed by atoms with E-state index in [9.17, 15) is 13.2 Å². The summed E-state index contributed by atoms with van der Waals surface area (Å²) in [6.45, 7) is 1.69. The molecule has 16 heavy (non-hydrogen) atoms. The van der Waals surface area contributed by atoms with Gasteiger partial charge in [0.1, 0.15) is 0 Å². The van der Waals surface area contributed by atoms with Crippen molar-refractivity contribution in [2.75, 3.05) is 13.1 Å². The number of nitriles is 1. The molecule has 0 aliphatic heterocycles. The zero-order chi connectivity index (χ0) is 12.2. The van der Waals surface area contributed by atoms with Crippen LogP contribution in [0.4, 0.5) is 0 Å². The Morgan fingerprint density at radius 3 is 2.62 bits per heavy atom. The molecular formula is C9H15N3O3S. The maximum atomic E-state index is 11.3. The third-order valence-electron chi connectivity index (χ3n) is 2.32. The Kier molecular flexibility index (Phi) is 4.26. The number of hydrogen-bond donors (Lipinski definition) is 2. The van der Waals surface area contributed by atoms with E-state index < -0.39 is 15.3 Å². The lowest BCUT2D eigenvalue weighted by molar-refractivity contribution is -0.122. The molecule has 0 bridgehead atoms. The highest BCUT2D eigenvalue weighted by Crippen LogP contribution is 2.28. The predicted molar refractivity (Wildman–Crippen MR) is 57.7 cm³/mol. The van der Waals surface area contributed by atoms with Crippen molar-refractivity contribution in [1.82, 2.24) is 10.0 Å². The normalized spacial score (nSPS) is 17.5. The summed E-state index contributed by atoms with van der Waals surface area (Å²) in [6, 6.07) is 1.65. The van der Waals surface area contributed by atoms with E-state index >= 15 is 0 Å². The van der Waals surface area contributed by atoms with Crippen molar-refractivity contribution in [2.24, 2.45) is 5.92 Å².